The summed E-state index contributed by atoms with van der Waals surface area (Å²) in [4.78, 5) is 14.3. The predicted octanol–water partition coefficient (Wildman–Crippen LogP) is 4.06. The molecule has 4 rings (SSSR count). The monoisotopic (exact) mass is 411 g/mol. The lowest BCUT2D eigenvalue weighted by molar-refractivity contribution is 0.198. The van der Waals surface area contributed by atoms with Crippen LogP contribution in [0.25, 0.3) is 10.9 Å². The molecule has 3 aromatic rings. The molecule has 1 aliphatic heterocycles. The van der Waals surface area contributed by atoms with Crippen molar-refractivity contribution in [1.82, 2.24) is 9.97 Å². The number of nitrogens with zero attached hydrogens (tertiary/aromatic N) is 4. The Hall–Kier alpha value is -2.57. The summed E-state index contributed by atoms with van der Waals surface area (Å²) >= 11 is 6.37. The van der Waals surface area contributed by atoms with Crippen LogP contribution >= 0.6 is 11.6 Å². The van der Waals surface area contributed by atoms with Crippen LogP contribution in [0.1, 0.15) is 6.42 Å². The van der Waals surface area contributed by atoms with Crippen molar-refractivity contribution in [2.75, 3.05) is 61.6 Å². The minimum Gasteiger partial charge on any atom is -0.385 e. The number of nitrogens with one attached hydrogen (secondary N) is 1. The normalized spacial score (nSPS) is 14.4. The second-order valence-corrected chi connectivity index (χ2v) is 7.50. The smallest absolute Gasteiger partial charge is 0.228 e. The molecule has 0 radical (unpaired) electrons. The van der Waals surface area contributed by atoms with E-state index >= 15 is 0 Å². The second-order valence-electron chi connectivity index (χ2n) is 7.09. The van der Waals surface area contributed by atoms with Gasteiger partial charge in [-0.2, -0.15) is 4.98 Å². The minimum absolute atomic E-state index is 0.729. The molecule has 1 aliphatic rings. The summed E-state index contributed by atoms with van der Waals surface area (Å²) in [7, 11) is 1.72. The van der Waals surface area contributed by atoms with Crippen LogP contribution in [0, 0.1) is 0 Å². The molecule has 152 valence electrons. The highest BCUT2D eigenvalue weighted by molar-refractivity contribution is 6.33. The molecule has 0 atom stereocenters. The molecular weight excluding hydrogens is 386 g/mol. The highest BCUT2D eigenvalue weighted by Crippen LogP contribution is 2.28. The number of rotatable bonds is 7. The third-order valence-electron chi connectivity index (χ3n) is 5.16. The topological polar surface area (TPSA) is 53.5 Å². The van der Waals surface area contributed by atoms with Gasteiger partial charge in [-0.15, -0.1) is 0 Å². The summed E-state index contributed by atoms with van der Waals surface area (Å²) in [6.07, 6.45) is 0.931. The number of hydrogen-bond acceptors (Lipinski definition) is 6. The second kappa shape index (κ2) is 9.29. The van der Waals surface area contributed by atoms with Crippen molar-refractivity contribution in [3.63, 3.8) is 0 Å². The molecule has 2 heterocycles. The fourth-order valence-electron chi connectivity index (χ4n) is 3.62. The van der Waals surface area contributed by atoms with Crippen molar-refractivity contribution in [2.45, 2.75) is 6.42 Å². The van der Waals surface area contributed by atoms with Crippen LogP contribution in [0.2, 0.25) is 5.02 Å². The number of anilines is 3. The van der Waals surface area contributed by atoms with Crippen LogP contribution in [-0.2, 0) is 4.74 Å². The van der Waals surface area contributed by atoms with Gasteiger partial charge in [-0.3, -0.25) is 0 Å². The van der Waals surface area contributed by atoms with E-state index in [1.54, 1.807) is 7.11 Å². The molecule has 1 aromatic heterocycles. The van der Waals surface area contributed by atoms with Crippen LogP contribution in [0.4, 0.5) is 17.5 Å². The number of piperazine rings is 1. The van der Waals surface area contributed by atoms with Gasteiger partial charge in [0.05, 0.1) is 16.2 Å². The number of para-hydroxylation sites is 2. The third kappa shape index (κ3) is 4.54. The highest BCUT2D eigenvalue weighted by atomic mass is 35.5. The zero-order valence-corrected chi connectivity index (χ0v) is 17.4. The number of ether oxygens (including phenoxy) is 1. The number of halogens is 1. The maximum Gasteiger partial charge on any atom is 0.228 e. The van der Waals surface area contributed by atoms with Crippen molar-refractivity contribution in [2.24, 2.45) is 0 Å². The Bertz CT molecular complexity index is 959. The lowest BCUT2D eigenvalue weighted by Crippen LogP contribution is -2.47. The van der Waals surface area contributed by atoms with E-state index in [-0.39, 0.29) is 0 Å². The molecule has 1 N–H and O–H groups in total. The minimum atomic E-state index is 0.729. The SMILES string of the molecule is COCCCNc1nc(N2CCN(c3ccccc3Cl)CC2)nc2ccccc12. The van der Waals surface area contributed by atoms with Crippen LogP contribution in [-0.4, -0.2) is 56.4 Å². The lowest BCUT2D eigenvalue weighted by atomic mass is 10.2. The zero-order chi connectivity index (χ0) is 20.1. The van der Waals surface area contributed by atoms with Gasteiger partial charge in [0.25, 0.3) is 0 Å². The number of hydrogen-bond donors (Lipinski definition) is 1. The van der Waals surface area contributed by atoms with Gasteiger partial charge in [0.15, 0.2) is 0 Å². The molecule has 7 heteroatoms. The molecular formula is C22H26ClN5O. The van der Waals surface area contributed by atoms with E-state index in [1.165, 1.54) is 0 Å². The first-order chi connectivity index (χ1) is 14.3. The summed E-state index contributed by atoms with van der Waals surface area (Å²) < 4.78 is 5.15. The average Bonchev–Trinajstić information content (AvgIpc) is 2.77. The largest absolute Gasteiger partial charge is 0.385 e. The van der Waals surface area contributed by atoms with E-state index in [2.05, 4.69) is 27.2 Å². The van der Waals surface area contributed by atoms with Crippen LogP contribution in [0.3, 0.4) is 0 Å². The molecule has 0 amide bonds. The molecule has 29 heavy (non-hydrogen) atoms. The van der Waals surface area contributed by atoms with Crippen LogP contribution in [0.5, 0.6) is 0 Å². The molecule has 2 aromatic carbocycles. The summed E-state index contributed by atoms with van der Waals surface area (Å²) in [6.45, 7) is 5.02. The molecule has 0 bridgehead atoms. The number of benzene rings is 2. The van der Waals surface area contributed by atoms with Gasteiger partial charge in [0.2, 0.25) is 5.95 Å². The first-order valence-electron chi connectivity index (χ1n) is 10.0. The van der Waals surface area contributed by atoms with E-state index in [4.69, 9.17) is 26.3 Å². The third-order valence-corrected chi connectivity index (χ3v) is 5.48. The summed E-state index contributed by atoms with van der Waals surface area (Å²) in [5.74, 6) is 1.66. The van der Waals surface area contributed by atoms with Gasteiger partial charge >= 0.3 is 0 Å². The Morgan fingerprint density at radius 1 is 0.966 bits per heavy atom. The van der Waals surface area contributed by atoms with Crippen molar-refractivity contribution >= 4 is 40.0 Å². The van der Waals surface area contributed by atoms with E-state index < -0.39 is 0 Å². The number of methoxy groups -OCH3 is 1. The van der Waals surface area contributed by atoms with Gasteiger partial charge in [-0.1, -0.05) is 35.9 Å². The van der Waals surface area contributed by atoms with Crippen molar-refractivity contribution in [3.05, 3.63) is 53.6 Å². The Balaban J connectivity index is 1.51. The lowest BCUT2D eigenvalue weighted by Gasteiger charge is -2.36. The molecule has 0 aliphatic carbocycles. The molecule has 6 nitrogen and oxygen atoms in total. The molecule has 0 unspecified atom stereocenters. The van der Waals surface area contributed by atoms with E-state index in [0.717, 1.165) is 79.1 Å². The van der Waals surface area contributed by atoms with Gasteiger partial charge in [-0.05, 0) is 30.7 Å². The Labute approximate surface area is 176 Å². The molecule has 0 spiro atoms. The molecule has 1 fully saturated rings. The molecule has 0 saturated carbocycles. The zero-order valence-electron chi connectivity index (χ0n) is 16.6. The van der Waals surface area contributed by atoms with Gasteiger partial charge < -0.3 is 19.9 Å². The van der Waals surface area contributed by atoms with Crippen LogP contribution in [0.15, 0.2) is 48.5 Å². The highest BCUT2D eigenvalue weighted by Gasteiger charge is 2.21. The first kappa shape index (κ1) is 19.7. The first-order valence-corrected chi connectivity index (χ1v) is 10.4. The van der Waals surface area contributed by atoms with E-state index in [0.29, 0.717) is 0 Å². The van der Waals surface area contributed by atoms with Crippen LogP contribution < -0.4 is 15.1 Å². The van der Waals surface area contributed by atoms with Crippen molar-refractivity contribution < 1.29 is 4.74 Å². The van der Waals surface area contributed by atoms with Crippen molar-refractivity contribution in [3.8, 4) is 0 Å². The van der Waals surface area contributed by atoms with Gasteiger partial charge in [-0.25, -0.2) is 4.98 Å². The standard InChI is InChI=1S/C22H26ClN5O/c1-29-16-6-11-24-21-17-7-2-4-9-19(17)25-22(26-21)28-14-12-27(13-15-28)20-10-5-3-8-18(20)23/h2-5,7-10H,6,11-16H2,1H3,(H,24,25,26). The fourth-order valence-corrected chi connectivity index (χ4v) is 3.87. The Morgan fingerprint density at radius 3 is 2.48 bits per heavy atom. The predicted molar refractivity (Wildman–Crippen MR) is 120 cm³/mol. The average molecular weight is 412 g/mol. The number of fused-ring (bicyclic) bond motifs is 1. The summed E-state index contributed by atoms with van der Waals surface area (Å²) in [5, 5.41) is 5.30. The molecule has 1 saturated heterocycles. The maximum atomic E-state index is 6.37. The van der Waals surface area contributed by atoms with Gasteiger partial charge in [0.1, 0.15) is 5.82 Å². The summed E-state index contributed by atoms with van der Waals surface area (Å²) in [6, 6.07) is 16.2. The van der Waals surface area contributed by atoms with E-state index in [9.17, 15) is 0 Å². The quantitative estimate of drug-likeness (QED) is 0.592. The van der Waals surface area contributed by atoms with Crippen molar-refractivity contribution in [1.29, 1.82) is 0 Å². The Kier molecular flexibility index (Phi) is 6.32. The maximum absolute atomic E-state index is 6.37. The fraction of sp³-hybridized carbons (Fsp3) is 0.364. The number of aromatic nitrogens is 2. The Morgan fingerprint density at radius 2 is 1.69 bits per heavy atom. The summed E-state index contributed by atoms with van der Waals surface area (Å²) in [5.41, 5.74) is 2.05. The van der Waals surface area contributed by atoms with E-state index in [1.807, 2.05) is 36.4 Å². The van der Waals surface area contributed by atoms with Gasteiger partial charge in [0, 0.05) is 51.8 Å².